The Kier molecular flexibility index (Phi) is 7.61. The average molecular weight is 435 g/mol. The molecule has 2 amide bonds. The van der Waals surface area contributed by atoms with E-state index in [1.807, 2.05) is 33.8 Å². The maximum Gasteiger partial charge on any atom is 0.243 e. The lowest BCUT2D eigenvalue weighted by Crippen LogP contribution is -2.49. The second-order valence-corrected chi connectivity index (χ2v) is 10.4. The number of carbonyl (C=O) groups excluding carboxylic acids is 2. The summed E-state index contributed by atoms with van der Waals surface area (Å²) in [6.07, 6.45) is 0.817. The van der Waals surface area contributed by atoms with Crippen molar-refractivity contribution in [3.63, 3.8) is 0 Å². The number of hydrogen-bond donors (Lipinski definition) is 1. The van der Waals surface area contributed by atoms with Crippen LogP contribution in [0.1, 0.15) is 46.1 Å². The summed E-state index contributed by atoms with van der Waals surface area (Å²) in [7, 11) is -3.67. The Hall–Kier alpha value is -2.44. The van der Waals surface area contributed by atoms with Crippen molar-refractivity contribution in [3.8, 4) is 6.07 Å². The van der Waals surface area contributed by atoms with Crippen LogP contribution in [-0.2, 0) is 19.6 Å². The predicted octanol–water partition coefficient (Wildman–Crippen LogP) is 1.72. The average Bonchev–Trinajstić information content (AvgIpc) is 2.70. The van der Waals surface area contributed by atoms with Crippen LogP contribution in [0.15, 0.2) is 29.2 Å². The molecule has 0 saturated carbocycles. The van der Waals surface area contributed by atoms with Crippen LogP contribution in [0.25, 0.3) is 0 Å². The highest BCUT2D eigenvalue weighted by atomic mass is 32.2. The SMILES string of the molecule is CCN(CC(=O)NC(C)(C)C)C(=O)C1CCN(S(=O)(=O)c2ccc(C#N)cc2)CC1. The Morgan fingerprint density at radius 3 is 2.23 bits per heavy atom. The van der Waals surface area contributed by atoms with Crippen LogP contribution >= 0.6 is 0 Å². The molecule has 0 spiro atoms. The van der Waals surface area contributed by atoms with Crippen molar-refractivity contribution in [2.24, 2.45) is 5.92 Å². The largest absolute Gasteiger partial charge is 0.350 e. The molecule has 0 atom stereocenters. The highest BCUT2D eigenvalue weighted by Gasteiger charge is 2.34. The van der Waals surface area contributed by atoms with Gasteiger partial charge < -0.3 is 10.2 Å². The van der Waals surface area contributed by atoms with Gasteiger partial charge in [0.1, 0.15) is 0 Å². The fourth-order valence-corrected chi connectivity index (χ4v) is 4.90. The summed E-state index contributed by atoms with van der Waals surface area (Å²) in [5, 5.41) is 11.7. The van der Waals surface area contributed by atoms with Crippen molar-refractivity contribution in [1.82, 2.24) is 14.5 Å². The smallest absolute Gasteiger partial charge is 0.243 e. The van der Waals surface area contributed by atoms with Crippen molar-refractivity contribution in [1.29, 1.82) is 5.26 Å². The van der Waals surface area contributed by atoms with Crippen molar-refractivity contribution < 1.29 is 18.0 Å². The molecule has 9 heteroatoms. The number of rotatable bonds is 6. The number of sulfonamides is 1. The molecule has 0 aliphatic carbocycles. The molecule has 0 aromatic heterocycles. The lowest BCUT2D eigenvalue weighted by molar-refractivity contribution is -0.140. The number of benzene rings is 1. The Labute approximate surface area is 178 Å². The van der Waals surface area contributed by atoms with E-state index in [4.69, 9.17) is 5.26 Å². The molecule has 1 saturated heterocycles. The first kappa shape index (κ1) is 23.8. The van der Waals surface area contributed by atoms with Gasteiger partial charge in [-0.2, -0.15) is 9.57 Å². The zero-order valence-corrected chi connectivity index (χ0v) is 18.8. The molecule has 8 nitrogen and oxygen atoms in total. The molecule has 0 unspecified atom stereocenters. The number of nitrogens with one attached hydrogen (secondary N) is 1. The monoisotopic (exact) mass is 434 g/mol. The fraction of sp³-hybridized carbons (Fsp3) is 0.571. The number of likely N-dealkylation sites (N-methyl/N-ethyl adjacent to an activating group) is 1. The minimum absolute atomic E-state index is 0.00361. The van der Waals surface area contributed by atoms with Gasteiger partial charge in [0.15, 0.2) is 0 Å². The second kappa shape index (κ2) is 9.58. The van der Waals surface area contributed by atoms with Crippen molar-refractivity contribution in [2.45, 2.75) is 51.0 Å². The molecular formula is C21H30N4O4S. The minimum Gasteiger partial charge on any atom is -0.350 e. The lowest BCUT2D eigenvalue weighted by Gasteiger charge is -2.33. The predicted molar refractivity (Wildman–Crippen MR) is 113 cm³/mol. The molecule has 1 N–H and O–H groups in total. The van der Waals surface area contributed by atoms with E-state index in [0.29, 0.717) is 24.9 Å². The zero-order valence-electron chi connectivity index (χ0n) is 18.0. The first-order chi connectivity index (χ1) is 14.0. The third-order valence-corrected chi connectivity index (χ3v) is 6.88. The van der Waals surface area contributed by atoms with Crippen molar-refractivity contribution >= 4 is 21.8 Å². The van der Waals surface area contributed by atoms with E-state index >= 15 is 0 Å². The fourth-order valence-electron chi connectivity index (χ4n) is 3.43. The first-order valence-electron chi connectivity index (χ1n) is 10.1. The molecule has 0 radical (unpaired) electrons. The summed E-state index contributed by atoms with van der Waals surface area (Å²) in [5.74, 6) is -0.629. The van der Waals surface area contributed by atoms with Crippen LogP contribution in [0.2, 0.25) is 0 Å². The minimum atomic E-state index is -3.67. The van der Waals surface area contributed by atoms with E-state index in [1.54, 1.807) is 0 Å². The Balaban J connectivity index is 1.98. The molecule has 1 aliphatic heterocycles. The number of hydrogen-bond acceptors (Lipinski definition) is 5. The normalized spacial score (nSPS) is 16.0. The van der Waals surface area contributed by atoms with Gasteiger partial charge in [0.25, 0.3) is 0 Å². The van der Waals surface area contributed by atoms with Gasteiger partial charge in [-0.3, -0.25) is 9.59 Å². The summed E-state index contributed by atoms with van der Waals surface area (Å²) in [4.78, 5) is 26.7. The van der Waals surface area contributed by atoms with Gasteiger partial charge in [0, 0.05) is 31.1 Å². The number of carbonyl (C=O) groups is 2. The van der Waals surface area contributed by atoms with E-state index in [1.165, 1.54) is 33.5 Å². The Morgan fingerprint density at radius 1 is 1.20 bits per heavy atom. The summed E-state index contributed by atoms with van der Waals surface area (Å²) in [6, 6.07) is 7.78. The molecule has 2 rings (SSSR count). The third-order valence-electron chi connectivity index (χ3n) is 4.97. The van der Waals surface area contributed by atoms with Crippen LogP contribution in [0.3, 0.4) is 0 Å². The molecule has 1 aromatic rings. The quantitative estimate of drug-likeness (QED) is 0.733. The maximum absolute atomic E-state index is 12.9. The van der Waals surface area contributed by atoms with Gasteiger partial charge >= 0.3 is 0 Å². The highest BCUT2D eigenvalue weighted by molar-refractivity contribution is 7.89. The van der Waals surface area contributed by atoms with Crippen LogP contribution in [0, 0.1) is 17.2 Å². The Morgan fingerprint density at radius 2 is 1.77 bits per heavy atom. The molecular weight excluding hydrogens is 404 g/mol. The van der Waals surface area contributed by atoms with Gasteiger partial charge in [-0.15, -0.1) is 0 Å². The van der Waals surface area contributed by atoms with Crippen LogP contribution in [-0.4, -0.2) is 61.2 Å². The molecule has 1 aliphatic rings. The van der Waals surface area contributed by atoms with Crippen LogP contribution in [0.4, 0.5) is 0 Å². The van der Waals surface area contributed by atoms with Gasteiger partial charge in [0.05, 0.1) is 23.1 Å². The van der Waals surface area contributed by atoms with Crippen LogP contribution < -0.4 is 5.32 Å². The van der Waals surface area contributed by atoms with Gasteiger partial charge in [-0.1, -0.05) is 0 Å². The summed E-state index contributed by atoms with van der Waals surface area (Å²) in [6.45, 7) is 8.37. The van der Waals surface area contributed by atoms with Gasteiger partial charge in [-0.05, 0) is 64.8 Å². The molecule has 0 bridgehead atoms. The zero-order chi connectivity index (χ0) is 22.5. The number of nitriles is 1. The highest BCUT2D eigenvalue weighted by Crippen LogP contribution is 2.25. The van der Waals surface area contributed by atoms with Gasteiger partial charge in [-0.25, -0.2) is 8.42 Å². The van der Waals surface area contributed by atoms with Crippen molar-refractivity contribution in [3.05, 3.63) is 29.8 Å². The summed E-state index contributed by atoms with van der Waals surface area (Å²) in [5.41, 5.74) is 0.0263. The molecule has 164 valence electrons. The van der Waals surface area contributed by atoms with E-state index in [0.717, 1.165) is 0 Å². The number of nitrogens with zero attached hydrogens (tertiary/aromatic N) is 3. The molecule has 1 heterocycles. The molecule has 1 aromatic carbocycles. The van der Waals surface area contributed by atoms with Crippen LogP contribution in [0.5, 0.6) is 0 Å². The van der Waals surface area contributed by atoms with Gasteiger partial charge in [0.2, 0.25) is 21.8 Å². The van der Waals surface area contributed by atoms with E-state index < -0.39 is 10.0 Å². The molecule has 1 fully saturated rings. The number of piperidine rings is 1. The van der Waals surface area contributed by atoms with Crippen molar-refractivity contribution in [2.75, 3.05) is 26.2 Å². The lowest BCUT2D eigenvalue weighted by atomic mass is 9.96. The van der Waals surface area contributed by atoms with E-state index in [-0.39, 0.29) is 47.8 Å². The van der Waals surface area contributed by atoms with E-state index in [2.05, 4.69) is 5.32 Å². The van der Waals surface area contributed by atoms with E-state index in [9.17, 15) is 18.0 Å². The standard InChI is InChI=1S/C21H30N4O4S/c1-5-24(15-19(26)23-21(2,3)4)20(27)17-10-12-25(13-11-17)30(28,29)18-8-6-16(14-22)7-9-18/h6-9,17H,5,10-13,15H2,1-4H3,(H,23,26). The maximum atomic E-state index is 12.9. The topological polar surface area (TPSA) is 111 Å². The molecule has 30 heavy (non-hydrogen) atoms. The Bertz CT molecular complexity index is 906. The first-order valence-corrected chi connectivity index (χ1v) is 11.5. The second-order valence-electron chi connectivity index (χ2n) is 8.47. The summed E-state index contributed by atoms with van der Waals surface area (Å²) < 4.78 is 27.0. The third kappa shape index (κ3) is 6.03. The number of amides is 2. The summed E-state index contributed by atoms with van der Waals surface area (Å²) >= 11 is 0.